The minimum absolute atomic E-state index is 0.00429. The second-order valence-corrected chi connectivity index (χ2v) is 3.97. The van der Waals surface area contributed by atoms with Crippen molar-refractivity contribution in [3.8, 4) is 23.6 Å². The van der Waals surface area contributed by atoms with Crippen molar-refractivity contribution in [2.45, 2.75) is 0 Å². The van der Waals surface area contributed by atoms with Crippen LogP contribution in [0.5, 0.6) is 11.5 Å². The molecule has 0 aliphatic carbocycles. The summed E-state index contributed by atoms with van der Waals surface area (Å²) >= 11 is 0. The predicted octanol–water partition coefficient (Wildman–Crippen LogP) is 1.59. The highest BCUT2D eigenvalue weighted by Gasteiger charge is 2.20. The Labute approximate surface area is 131 Å². The Balaban J connectivity index is 3.38. The molecule has 0 radical (unpaired) electrons. The van der Waals surface area contributed by atoms with Gasteiger partial charge in [-0.05, 0) is 12.1 Å². The summed E-state index contributed by atoms with van der Waals surface area (Å²) in [6.07, 6.45) is 1.06. The third-order valence-corrected chi connectivity index (χ3v) is 2.62. The summed E-state index contributed by atoms with van der Waals surface area (Å²) in [4.78, 5) is 21.5. The number of nitro benzene ring substituents is 1. The molecule has 0 amide bonds. The lowest BCUT2D eigenvalue weighted by molar-refractivity contribution is -0.385. The van der Waals surface area contributed by atoms with Gasteiger partial charge in [0.15, 0.2) is 18.1 Å². The minimum Gasteiger partial charge on any atom is -0.493 e. The van der Waals surface area contributed by atoms with Crippen molar-refractivity contribution in [1.29, 1.82) is 10.5 Å². The molecule has 23 heavy (non-hydrogen) atoms. The van der Waals surface area contributed by atoms with Gasteiger partial charge in [0.05, 0.1) is 30.8 Å². The standard InChI is InChI=1S/C14H11N3O6/c1-21-12-4-10(3-9(6-15)7-16)11(17(19)20)5-13(12)23-8-14(18)22-2/h3-5H,8H2,1-2H3. The topological polar surface area (TPSA) is 135 Å². The van der Waals surface area contributed by atoms with E-state index in [0.717, 1.165) is 12.1 Å². The Kier molecular flexibility index (Phi) is 6.07. The Morgan fingerprint density at radius 1 is 1.30 bits per heavy atom. The lowest BCUT2D eigenvalue weighted by Gasteiger charge is -2.11. The molecule has 118 valence electrons. The molecule has 0 aliphatic heterocycles. The molecule has 9 heteroatoms. The van der Waals surface area contributed by atoms with Gasteiger partial charge in [-0.1, -0.05) is 0 Å². The fraction of sp³-hybridized carbons (Fsp3) is 0.214. The highest BCUT2D eigenvalue weighted by atomic mass is 16.6. The molecule has 1 aromatic rings. The van der Waals surface area contributed by atoms with Gasteiger partial charge in [-0.15, -0.1) is 0 Å². The highest BCUT2D eigenvalue weighted by molar-refractivity contribution is 5.73. The van der Waals surface area contributed by atoms with Crippen molar-refractivity contribution in [3.63, 3.8) is 0 Å². The zero-order chi connectivity index (χ0) is 17.4. The van der Waals surface area contributed by atoms with E-state index in [4.69, 9.17) is 20.0 Å². The molecule has 1 aromatic carbocycles. The number of benzene rings is 1. The lowest BCUT2D eigenvalue weighted by atomic mass is 10.1. The molecule has 0 heterocycles. The maximum absolute atomic E-state index is 11.1. The van der Waals surface area contributed by atoms with Crippen LogP contribution in [0.25, 0.3) is 6.08 Å². The third kappa shape index (κ3) is 4.44. The molecule has 0 aromatic heterocycles. The Morgan fingerprint density at radius 2 is 1.96 bits per heavy atom. The molecular formula is C14H11N3O6. The Morgan fingerprint density at radius 3 is 2.43 bits per heavy atom. The van der Waals surface area contributed by atoms with Crippen molar-refractivity contribution < 1.29 is 23.9 Å². The van der Waals surface area contributed by atoms with Crippen LogP contribution in [0.2, 0.25) is 0 Å². The van der Waals surface area contributed by atoms with Gasteiger partial charge in [0, 0.05) is 0 Å². The largest absolute Gasteiger partial charge is 0.493 e. The summed E-state index contributed by atoms with van der Waals surface area (Å²) in [6, 6.07) is 5.50. The number of nitrogens with zero attached hydrogens (tertiary/aromatic N) is 3. The van der Waals surface area contributed by atoms with Crippen LogP contribution in [0.4, 0.5) is 5.69 Å². The minimum atomic E-state index is -0.706. The number of ether oxygens (including phenoxy) is 3. The van der Waals surface area contributed by atoms with E-state index in [9.17, 15) is 14.9 Å². The molecule has 0 unspecified atom stereocenters. The second-order valence-electron chi connectivity index (χ2n) is 3.97. The van der Waals surface area contributed by atoms with E-state index >= 15 is 0 Å². The van der Waals surface area contributed by atoms with E-state index in [0.29, 0.717) is 0 Å². The molecule has 0 saturated heterocycles. The van der Waals surface area contributed by atoms with Crippen LogP contribution in [-0.4, -0.2) is 31.7 Å². The van der Waals surface area contributed by atoms with Crippen LogP contribution >= 0.6 is 0 Å². The number of nitro groups is 1. The second kappa shape index (κ2) is 8.00. The number of nitriles is 2. The van der Waals surface area contributed by atoms with Crippen molar-refractivity contribution in [3.05, 3.63) is 33.4 Å². The number of rotatable bonds is 6. The Bertz CT molecular complexity index is 726. The fourth-order valence-electron chi connectivity index (χ4n) is 1.55. The van der Waals surface area contributed by atoms with Crippen molar-refractivity contribution in [2.24, 2.45) is 0 Å². The van der Waals surface area contributed by atoms with Gasteiger partial charge in [-0.25, -0.2) is 4.79 Å². The van der Waals surface area contributed by atoms with Crippen molar-refractivity contribution >= 4 is 17.7 Å². The van der Waals surface area contributed by atoms with E-state index in [-0.39, 0.29) is 22.6 Å². The number of hydrogen-bond acceptors (Lipinski definition) is 8. The number of allylic oxidation sites excluding steroid dienone is 1. The summed E-state index contributed by atoms with van der Waals surface area (Å²) in [5.41, 5.74) is -0.720. The van der Waals surface area contributed by atoms with Gasteiger partial charge >= 0.3 is 5.97 Å². The number of methoxy groups -OCH3 is 2. The average molecular weight is 317 g/mol. The summed E-state index contributed by atoms with van der Waals surface area (Å²) in [5, 5.41) is 28.7. The summed E-state index contributed by atoms with van der Waals surface area (Å²) in [6.45, 7) is -0.457. The quantitative estimate of drug-likeness (QED) is 0.334. The molecule has 0 spiro atoms. The molecular weight excluding hydrogens is 306 g/mol. The third-order valence-electron chi connectivity index (χ3n) is 2.62. The van der Waals surface area contributed by atoms with Gasteiger partial charge < -0.3 is 14.2 Å². The van der Waals surface area contributed by atoms with Gasteiger partial charge in [-0.3, -0.25) is 10.1 Å². The van der Waals surface area contributed by atoms with Crippen LogP contribution in [0.3, 0.4) is 0 Å². The van der Waals surface area contributed by atoms with Gasteiger partial charge in [0.2, 0.25) is 0 Å². The first kappa shape index (κ1) is 17.5. The molecule has 0 saturated carbocycles. The van der Waals surface area contributed by atoms with Crippen LogP contribution in [0.1, 0.15) is 5.56 Å². The summed E-state index contributed by atoms with van der Waals surface area (Å²) in [7, 11) is 2.47. The smallest absolute Gasteiger partial charge is 0.343 e. The Hall–Kier alpha value is -3.59. The van der Waals surface area contributed by atoms with E-state index < -0.39 is 23.2 Å². The van der Waals surface area contributed by atoms with Crippen molar-refractivity contribution in [2.75, 3.05) is 20.8 Å². The van der Waals surface area contributed by atoms with Gasteiger partial charge in [0.1, 0.15) is 17.7 Å². The predicted molar refractivity (Wildman–Crippen MR) is 76.4 cm³/mol. The first-order valence-electron chi connectivity index (χ1n) is 6.04. The first-order valence-corrected chi connectivity index (χ1v) is 6.04. The van der Waals surface area contributed by atoms with E-state index in [1.807, 2.05) is 0 Å². The maximum atomic E-state index is 11.1. The van der Waals surface area contributed by atoms with Crippen LogP contribution in [0.15, 0.2) is 17.7 Å². The van der Waals surface area contributed by atoms with Gasteiger partial charge in [0.25, 0.3) is 5.69 Å². The zero-order valence-electron chi connectivity index (χ0n) is 12.2. The van der Waals surface area contributed by atoms with E-state index in [2.05, 4.69) is 4.74 Å². The van der Waals surface area contributed by atoms with E-state index in [1.54, 1.807) is 12.1 Å². The molecule has 0 atom stereocenters. The molecule has 0 aliphatic rings. The number of carbonyl (C=O) groups excluding carboxylic acids is 1. The average Bonchev–Trinajstić information content (AvgIpc) is 2.56. The SMILES string of the molecule is COC(=O)COc1cc([N+](=O)[O-])c(C=C(C#N)C#N)cc1OC. The van der Waals surface area contributed by atoms with E-state index in [1.165, 1.54) is 20.3 Å². The molecule has 9 nitrogen and oxygen atoms in total. The van der Waals surface area contributed by atoms with Crippen LogP contribution in [-0.2, 0) is 9.53 Å². The first-order chi connectivity index (χ1) is 11.0. The molecule has 0 fully saturated rings. The fourth-order valence-corrected chi connectivity index (χ4v) is 1.55. The summed E-state index contributed by atoms with van der Waals surface area (Å²) < 4.78 is 14.6. The number of hydrogen-bond donors (Lipinski definition) is 0. The highest BCUT2D eigenvalue weighted by Crippen LogP contribution is 2.35. The van der Waals surface area contributed by atoms with Gasteiger partial charge in [-0.2, -0.15) is 10.5 Å². The zero-order valence-corrected chi connectivity index (χ0v) is 12.2. The monoisotopic (exact) mass is 317 g/mol. The summed E-state index contributed by atoms with van der Waals surface area (Å²) in [5.74, 6) is -0.617. The van der Waals surface area contributed by atoms with Crippen LogP contribution < -0.4 is 9.47 Å². The normalized spacial score (nSPS) is 9.04. The lowest BCUT2D eigenvalue weighted by Crippen LogP contribution is -2.13. The number of esters is 1. The maximum Gasteiger partial charge on any atom is 0.343 e. The van der Waals surface area contributed by atoms with Crippen LogP contribution in [0, 0.1) is 32.8 Å². The molecule has 0 N–H and O–H groups in total. The molecule has 0 bridgehead atoms. The van der Waals surface area contributed by atoms with Crippen molar-refractivity contribution in [1.82, 2.24) is 0 Å². The molecule has 1 rings (SSSR count). The number of carbonyl (C=O) groups is 1.